The van der Waals surface area contributed by atoms with Crippen LogP contribution in [0.5, 0.6) is 0 Å². The van der Waals surface area contributed by atoms with Gasteiger partial charge < -0.3 is 15.3 Å². The van der Waals surface area contributed by atoms with Crippen molar-refractivity contribution in [3.05, 3.63) is 59.2 Å². The van der Waals surface area contributed by atoms with Crippen LogP contribution < -0.4 is 15.6 Å². The van der Waals surface area contributed by atoms with E-state index >= 15 is 0 Å². The first-order valence-corrected chi connectivity index (χ1v) is 12.9. The molecule has 1 aliphatic rings. The Kier molecular flexibility index (Phi) is 9.47. The number of carboxylic acids is 1. The van der Waals surface area contributed by atoms with E-state index in [0.29, 0.717) is 23.9 Å². The third kappa shape index (κ3) is 6.57. The Morgan fingerprint density at radius 2 is 1.91 bits per heavy atom. The van der Waals surface area contributed by atoms with Gasteiger partial charge in [-0.1, -0.05) is 31.9 Å². The Morgan fingerprint density at radius 3 is 2.59 bits per heavy atom. The minimum absolute atomic E-state index is 0.112. The molecule has 2 aromatic rings. The zero-order chi connectivity index (χ0) is 24.5. The number of nitrogens with one attached hydrogen (secondary N) is 2. The summed E-state index contributed by atoms with van der Waals surface area (Å²) in [7, 11) is 0. The van der Waals surface area contributed by atoms with Gasteiger partial charge in [-0.05, 0) is 67.9 Å². The number of fused-ring (bicyclic) bond motifs is 1. The van der Waals surface area contributed by atoms with E-state index < -0.39 is 5.97 Å². The summed E-state index contributed by atoms with van der Waals surface area (Å²) in [5.74, 6) is -0.205. The van der Waals surface area contributed by atoms with Crippen molar-refractivity contribution in [2.24, 2.45) is 5.10 Å². The van der Waals surface area contributed by atoms with Crippen LogP contribution in [-0.2, 0) is 11.2 Å². The number of benzene rings is 2. The van der Waals surface area contributed by atoms with Crippen molar-refractivity contribution in [1.29, 1.82) is 0 Å². The number of hydrogen-bond acceptors (Lipinski definition) is 5. The second-order valence-electron chi connectivity index (χ2n) is 7.88. The highest BCUT2D eigenvalue weighted by Crippen LogP contribution is 2.33. The molecule has 0 aromatic heterocycles. The van der Waals surface area contributed by atoms with Gasteiger partial charge in [0.2, 0.25) is 0 Å². The Bertz CT molecular complexity index is 1070. The van der Waals surface area contributed by atoms with Crippen molar-refractivity contribution >= 4 is 52.4 Å². The van der Waals surface area contributed by atoms with E-state index in [1.165, 1.54) is 0 Å². The lowest BCUT2D eigenvalue weighted by molar-refractivity contribution is -0.112. The van der Waals surface area contributed by atoms with E-state index in [4.69, 9.17) is 17.3 Å². The molecule has 34 heavy (non-hydrogen) atoms. The Labute approximate surface area is 210 Å². The van der Waals surface area contributed by atoms with Crippen LogP contribution in [0.1, 0.15) is 54.6 Å². The molecule has 3 N–H and O–H groups in total. The summed E-state index contributed by atoms with van der Waals surface area (Å²) >= 11 is 6.89. The molecule has 7 nitrogen and oxygen atoms in total. The molecule has 0 radical (unpaired) electrons. The molecule has 0 bridgehead atoms. The molecule has 0 spiro atoms. The number of carbonyl (C=O) groups is 2. The van der Waals surface area contributed by atoms with Crippen molar-refractivity contribution in [3.8, 4) is 0 Å². The average molecular weight is 499 g/mol. The van der Waals surface area contributed by atoms with E-state index in [0.717, 1.165) is 53.1 Å². The number of hydrazone groups is 1. The van der Waals surface area contributed by atoms with Gasteiger partial charge in [0, 0.05) is 29.3 Å². The largest absolute Gasteiger partial charge is 0.478 e. The summed E-state index contributed by atoms with van der Waals surface area (Å²) in [6.07, 6.45) is 3.90. The topological polar surface area (TPSA) is 94.0 Å². The van der Waals surface area contributed by atoms with Crippen LogP contribution in [0.15, 0.2) is 52.5 Å². The third-order valence-corrected chi connectivity index (χ3v) is 6.65. The minimum Gasteiger partial charge on any atom is -0.478 e. The fraction of sp³-hybridized carbons (Fsp3) is 0.360. The maximum absolute atomic E-state index is 13.2. The Hall–Kier alpha value is -2.91. The lowest BCUT2D eigenvalue weighted by atomic mass is 10.1. The SMILES string of the molecule is CCCCCN1C(=O)C(=NNC(=S)NCC)c2cc(SCCc3ccc(C(=O)O)cc3)ccc21. The number of thioether (sulfide) groups is 1. The van der Waals surface area contributed by atoms with Crippen LogP contribution in [0, 0.1) is 0 Å². The number of anilines is 1. The van der Waals surface area contributed by atoms with E-state index in [-0.39, 0.29) is 11.5 Å². The number of rotatable bonds is 11. The van der Waals surface area contributed by atoms with Crippen molar-refractivity contribution in [1.82, 2.24) is 10.7 Å². The molecule has 1 heterocycles. The predicted molar refractivity (Wildman–Crippen MR) is 142 cm³/mol. The van der Waals surface area contributed by atoms with E-state index in [1.54, 1.807) is 28.8 Å². The van der Waals surface area contributed by atoms with E-state index in [1.807, 2.05) is 37.3 Å². The first-order valence-electron chi connectivity index (χ1n) is 11.5. The molecule has 0 atom stereocenters. The maximum atomic E-state index is 13.2. The fourth-order valence-corrected chi connectivity index (χ4v) is 4.77. The second-order valence-corrected chi connectivity index (χ2v) is 9.45. The van der Waals surface area contributed by atoms with Crippen LogP contribution in [0.3, 0.4) is 0 Å². The summed E-state index contributed by atoms with van der Waals surface area (Å²) < 4.78 is 0. The zero-order valence-corrected chi connectivity index (χ0v) is 21.1. The molecule has 0 saturated heterocycles. The molecule has 180 valence electrons. The highest BCUT2D eigenvalue weighted by atomic mass is 32.2. The monoisotopic (exact) mass is 498 g/mol. The Morgan fingerprint density at radius 1 is 1.15 bits per heavy atom. The lowest BCUT2D eigenvalue weighted by Gasteiger charge is -2.16. The number of nitrogens with zero attached hydrogens (tertiary/aromatic N) is 2. The van der Waals surface area contributed by atoms with E-state index in [2.05, 4.69) is 22.8 Å². The molecular formula is C25H30N4O3S2. The molecule has 1 amide bonds. The summed E-state index contributed by atoms with van der Waals surface area (Å²) in [6, 6.07) is 13.0. The number of carboxylic acid groups (broad SMARTS) is 1. The fourth-order valence-electron chi connectivity index (χ4n) is 3.64. The second kappa shape index (κ2) is 12.5. The highest BCUT2D eigenvalue weighted by Gasteiger charge is 2.34. The van der Waals surface area contributed by atoms with Gasteiger partial charge in [-0.2, -0.15) is 5.10 Å². The van der Waals surface area contributed by atoms with Crippen molar-refractivity contribution in [2.45, 2.75) is 44.4 Å². The van der Waals surface area contributed by atoms with Gasteiger partial charge in [0.1, 0.15) is 0 Å². The van der Waals surface area contributed by atoms with Gasteiger partial charge in [0.25, 0.3) is 5.91 Å². The van der Waals surface area contributed by atoms with Gasteiger partial charge in [-0.25, -0.2) is 4.79 Å². The van der Waals surface area contributed by atoms with Crippen molar-refractivity contribution in [2.75, 3.05) is 23.7 Å². The van der Waals surface area contributed by atoms with E-state index in [9.17, 15) is 9.59 Å². The van der Waals surface area contributed by atoms with Gasteiger partial charge in [0.05, 0.1) is 11.3 Å². The van der Waals surface area contributed by atoms with Crippen LogP contribution in [-0.4, -0.2) is 46.6 Å². The van der Waals surface area contributed by atoms with Crippen LogP contribution in [0.4, 0.5) is 5.69 Å². The molecule has 2 aromatic carbocycles. The van der Waals surface area contributed by atoms with Crippen LogP contribution >= 0.6 is 24.0 Å². The molecule has 0 aliphatic carbocycles. The normalized spacial score (nSPS) is 13.8. The number of amides is 1. The molecule has 1 aliphatic heterocycles. The van der Waals surface area contributed by atoms with Crippen molar-refractivity contribution < 1.29 is 14.7 Å². The molecule has 0 saturated carbocycles. The van der Waals surface area contributed by atoms with Gasteiger partial charge >= 0.3 is 5.97 Å². The summed E-state index contributed by atoms with van der Waals surface area (Å²) in [5, 5.41) is 16.7. The first kappa shape index (κ1) is 25.7. The minimum atomic E-state index is -0.921. The average Bonchev–Trinajstić information content (AvgIpc) is 3.08. The molecule has 9 heteroatoms. The smallest absolute Gasteiger partial charge is 0.335 e. The van der Waals surface area contributed by atoms with Gasteiger partial charge in [0.15, 0.2) is 10.8 Å². The van der Waals surface area contributed by atoms with Gasteiger partial charge in [-0.15, -0.1) is 11.8 Å². The predicted octanol–water partition coefficient (Wildman–Crippen LogP) is 4.44. The third-order valence-electron chi connectivity index (χ3n) is 5.41. The number of thiocarbonyl (C=S) groups is 1. The molecule has 0 unspecified atom stereocenters. The quantitative estimate of drug-likeness (QED) is 0.182. The lowest BCUT2D eigenvalue weighted by Crippen LogP contribution is -2.35. The molecule has 0 fully saturated rings. The number of aryl methyl sites for hydroxylation is 1. The zero-order valence-electron chi connectivity index (χ0n) is 19.5. The maximum Gasteiger partial charge on any atom is 0.335 e. The van der Waals surface area contributed by atoms with Crippen molar-refractivity contribution in [3.63, 3.8) is 0 Å². The van der Waals surface area contributed by atoms with Gasteiger partial charge in [-0.3, -0.25) is 10.2 Å². The first-order chi connectivity index (χ1) is 16.4. The number of aromatic carboxylic acids is 1. The molecular weight excluding hydrogens is 468 g/mol. The summed E-state index contributed by atoms with van der Waals surface area (Å²) in [6.45, 7) is 5.41. The standard InChI is InChI=1S/C25H30N4O3S2/c1-3-5-6-14-29-21-12-11-19(34-15-13-17-7-9-18(10-8-17)24(31)32)16-20(21)22(23(29)30)27-28-25(33)26-4-2/h7-12,16H,3-6,13-15H2,1-2H3,(H,31,32)(H2,26,28,33). The highest BCUT2D eigenvalue weighted by molar-refractivity contribution is 7.99. The summed E-state index contributed by atoms with van der Waals surface area (Å²) in [5.41, 5.74) is 6.23. The number of unbranched alkanes of at least 4 members (excludes halogenated alkanes) is 2. The molecule has 3 rings (SSSR count). The van der Waals surface area contributed by atoms with Crippen LogP contribution in [0.2, 0.25) is 0 Å². The number of carbonyl (C=O) groups excluding carboxylic acids is 1. The Balaban J connectivity index is 1.73. The summed E-state index contributed by atoms with van der Waals surface area (Å²) in [4.78, 5) is 27.0. The number of hydrogen-bond donors (Lipinski definition) is 3. The van der Waals surface area contributed by atoms with Crippen LogP contribution in [0.25, 0.3) is 0 Å².